The summed E-state index contributed by atoms with van der Waals surface area (Å²) in [4.78, 5) is 13.3. The van der Waals surface area contributed by atoms with Gasteiger partial charge in [0.25, 0.3) is 0 Å². The van der Waals surface area contributed by atoms with Crippen molar-refractivity contribution < 1.29 is 4.79 Å². The average Bonchev–Trinajstić information content (AvgIpc) is 3.15. The van der Waals surface area contributed by atoms with Gasteiger partial charge in [-0.3, -0.25) is 4.79 Å². The van der Waals surface area contributed by atoms with E-state index >= 15 is 0 Å². The van der Waals surface area contributed by atoms with E-state index in [2.05, 4.69) is 45.0 Å². The summed E-state index contributed by atoms with van der Waals surface area (Å²) in [6.45, 7) is 6.80. The van der Waals surface area contributed by atoms with Crippen molar-refractivity contribution in [2.45, 2.75) is 58.3 Å². The van der Waals surface area contributed by atoms with Crippen molar-refractivity contribution in [3.63, 3.8) is 0 Å². The normalized spacial score (nSPS) is 18.6. The minimum absolute atomic E-state index is 0.104. The van der Waals surface area contributed by atoms with E-state index in [-0.39, 0.29) is 5.91 Å². The predicted molar refractivity (Wildman–Crippen MR) is 118 cm³/mol. The molecule has 0 aliphatic heterocycles. The molecular weight excluding hydrogens is 356 g/mol. The number of aromatic nitrogens is 2. The van der Waals surface area contributed by atoms with Gasteiger partial charge in [0.15, 0.2) is 0 Å². The summed E-state index contributed by atoms with van der Waals surface area (Å²) in [5.41, 5.74) is 5.74. The lowest BCUT2D eigenvalue weighted by Gasteiger charge is -2.30. The molecule has 29 heavy (non-hydrogen) atoms. The van der Waals surface area contributed by atoms with Crippen LogP contribution in [-0.2, 0) is 6.42 Å². The molecule has 3 aromatic rings. The van der Waals surface area contributed by atoms with E-state index in [0.717, 1.165) is 36.2 Å². The van der Waals surface area contributed by atoms with Crippen molar-refractivity contribution in [1.29, 1.82) is 0 Å². The Hall–Kier alpha value is -2.68. The molecular formula is C26H30N2O. The number of fused-ring (bicyclic) bond motifs is 1. The molecule has 0 fully saturated rings. The van der Waals surface area contributed by atoms with Gasteiger partial charge in [-0.15, -0.1) is 0 Å². The van der Waals surface area contributed by atoms with Gasteiger partial charge in [0, 0.05) is 23.5 Å². The second-order valence-corrected chi connectivity index (χ2v) is 8.63. The van der Waals surface area contributed by atoms with Gasteiger partial charge in [0.05, 0.1) is 11.4 Å². The maximum Gasteiger partial charge on any atom is 0.247 e. The van der Waals surface area contributed by atoms with Gasteiger partial charge >= 0.3 is 0 Å². The number of rotatable bonds is 5. The zero-order chi connectivity index (χ0) is 20.4. The summed E-state index contributed by atoms with van der Waals surface area (Å²) in [5, 5.41) is 4.92. The van der Waals surface area contributed by atoms with E-state index in [9.17, 15) is 4.79 Å². The number of hydrogen-bond acceptors (Lipinski definition) is 2. The third-order valence-electron chi connectivity index (χ3n) is 6.27. The van der Waals surface area contributed by atoms with E-state index < -0.39 is 0 Å². The van der Waals surface area contributed by atoms with Gasteiger partial charge < -0.3 is 0 Å². The lowest BCUT2D eigenvalue weighted by atomic mass is 9.75. The molecule has 150 valence electrons. The van der Waals surface area contributed by atoms with Crippen LogP contribution in [-0.4, -0.2) is 15.7 Å². The third kappa shape index (κ3) is 3.91. The molecule has 0 saturated carbocycles. The molecule has 0 unspecified atom stereocenters. The summed E-state index contributed by atoms with van der Waals surface area (Å²) < 4.78 is 1.76. The van der Waals surface area contributed by atoms with Gasteiger partial charge in [-0.2, -0.15) is 5.10 Å². The van der Waals surface area contributed by atoms with Crippen LogP contribution in [0.25, 0.3) is 11.3 Å². The Balaban J connectivity index is 1.75. The molecule has 3 heteroatoms. The van der Waals surface area contributed by atoms with Crippen molar-refractivity contribution in [1.82, 2.24) is 9.78 Å². The fourth-order valence-corrected chi connectivity index (χ4v) is 4.65. The zero-order valence-corrected chi connectivity index (χ0v) is 17.6. The maximum atomic E-state index is 13.3. The van der Waals surface area contributed by atoms with Crippen LogP contribution >= 0.6 is 0 Å². The highest BCUT2D eigenvalue weighted by atomic mass is 16.2. The fraction of sp³-hybridized carbons (Fsp3) is 0.385. The quantitative estimate of drug-likeness (QED) is 0.504. The molecule has 1 heterocycles. The van der Waals surface area contributed by atoms with Crippen LogP contribution in [0.2, 0.25) is 0 Å². The predicted octanol–water partition coefficient (Wildman–Crippen LogP) is 6.46. The van der Waals surface area contributed by atoms with Crippen LogP contribution in [0.1, 0.15) is 73.5 Å². The first kappa shape index (κ1) is 19.6. The highest BCUT2D eigenvalue weighted by Crippen LogP contribution is 2.46. The number of nitrogens with zero attached hydrogens (tertiary/aromatic N) is 2. The monoisotopic (exact) mass is 386 g/mol. The van der Waals surface area contributed by atoms with E-state index in [1.165, 1.54) is 11.1 Å². The molecule has 2 aromatic carbocycles. The Kier molecular flexibility index (Phi) is 5.66. The molecule has 0 radical (unpaired) electrons. The molecule has 0 spiro atoms. The van der Waals surface area contributed by atoms with Crippen molar-refractivity contribution in [2.24, 2.45) is 5.92 Å². The topological polar surface area (TPSA) is 34.9 Å². The lowest BCUT2D eigenvalue weighted by molar-refractivity contribution is 0.0879. The average molecular weight is 387 g/mol. The van der Waals surface area contributed by atoms with Gasteiger partial charge in [-0.25, -0.2) is 4.68 Å². The summed E-state index contributed by atoms with van der Waals surface area (Å²) in [6, 6.07) is 20.6. The second kappa shape index (κ2) is 8.36. The van der Waals surface area contributed by atoms with E-state index in [1.54, 1.807) is 4.68 Å². The molecule has 1 aliphatic carbocycles. The number of hydrogen-bond donors (Lipinski definition) is 0. The van der Waals surface area contributed by atoms with Crippen molar-refractivity contribution in [2.75, 3.05) is 0 Å². The molecule has 0 amide bonds. The van der Waals surface area contributed by atoms with E-state index in [1.807, 2.05) is 36.4 Å². The molecule has 0 N–H and O–H groups in total. The minimum atomic E-state index is 0.104. The SMILES string of the molecule is CC(C)[C@H]1CC[C@H](C)c2c(-c3ccccc3)nn(C(=O)CCc3ccccc3)c21. The van der Waals surface area contributed by atoms with Crippen LogP contribution in [0.3, 0.4) is 0 Å². The molecule has 4 rings (SSSR count). The highest BCUT2D eigenvalue weighted by molar-refractivity contribution is 5.81. The fourth-order valence-electron chi connectivity index (χ4n) is 4.65. The highest BCUT2D eigenvalue weighted by Gasteiger charge is 2.35. The molecule has 0 bridgehead atoms. The molecule has 3 nitrogen and oxygen atoms in total. The Morgan fingerprint density at radius 1 is 1.03 bits per heavy atom. The molecule has 0 saturated heterocycles. The van der Waals surface area contributed by atoms with Crippen LogP contribution in [0, 0.1) is 5.92 Å². The van der Waals surface area contributed by atoms with Gasteiger partial charge in [-0.1, -0.05) is 81.4 Å². The largest absolute Gasteiger partial charge is 0.273 e. The van der Waals surface area contributed by atoms with Gasteiger partial charge in [-0.05, 0) is 36.7 Å². The molecule has 1 aliphatic rings. The summed E-state index contributed by atoms with van der Waals surface area (Å²) in [5.74, 6) is 1.40. The van der Waals surface area contributed by atoms with Crippen LogP contribution in [0.5, 0.6) is 0 Å². The molecule has 2 atom stereocenters. The van der Waals surface area contributed by atoms with Crippen molar-refractivity contribution in [3.05, 3.63) is 77.5 Å². The minimum Gasteiger partial charge on any atom is -0.273 e. The standard InChI is InChI=1S/C26H30N2O/c1-18(2)22-16-14-19(3)24-25(21-12-8-5-9-13-21)27-28(26(22)24)23(29)17-15-20-10-6-4-7-11-20/h4-13,18-19,22H,14-17H2,1-3H3/t19-,22+/m0/s1. The maximum absolute atomic E-state index is 13.3. The van der Waals surface area contributed by atoms with Crippen LogP contribution in [0.15, 0.2) is 60.7 Å². The van der Waals surface area contributed by atoms with E-state index in [0.29, 0.717) is 24.2 Å². The van der Waals surface area contributed by atoms with Crippen LogP contribution < -0.4 is 0 Å². The van der Waals surface area contributed by atoms with Gasteiger partial charge in [0.1, 0.15) is 0 Å². The first-order chi connectivity index (χ1) is 14.1. The van der Waals surface area contributed by atoms with Crippen LogP contribution in [0.4, 0.5) is 0 Å². The summed E-state index contributed by atoms with van der Waals surface area (Å²) in [7, 11) is 0. The number of carbonyl (C=O) groups excluding carboxylic acids is 1. The summed E-state index contributed by atoms with van der Waals surface area (Å²) >= 11 is 0. The van der Waals surface area contributed by atoms with Crippen molar-refractivity contribution in [3.8, 4) is 11.3 Å². The Labute approximate surface area is 173 Å². The van der Waals surface area contributed by atoms with Gasteiger partial charge in [0.2, 0.25) is 5.91 Å². The third-order valence-corrected chi connectivity index (χ3v) is 6.27. The number of aryl methyl sites for hydroxylation is 1. The Morgan fingerprint density at radius 3 is 2.34 bits per heavy atom. The smallest absolute Gasteiger partial charge is 0.247 e. The first-order valence-corrected chi connectivity index (χ1v) is 10.8. The first-order valence-electron chi connectivity index (χ1n) is 10.8. The lowest BCUT2D eigenvalue weighted by Crippen LogP contribution is -2.24. The van der Waals surface area contributed by atoms with Crippen molar-refractivity contribution >= 4 is 5.91 Å². The summed E-state index contributed by atoms with van der Waals surface area (Å²) in [6.07, 6.45) is 3.50. The number of benzene rings is 2. The number of carbonyl (C=O) groups is 1. The Morgan fingerprint density at radius 2 is 1.69 bits per heavy atom. The zero-order valence-electron chi connectivity index (χ0n) is 17.6. The second-order valence-electron chi connectivity index (χ2n) is 8.63. The van der Waals surface area contributed by atoms with E-state index in [4.69, 9.17) is 5.10 Å². The molecule has 1 aromatic heterocycles. The Bertz CT molecular complexity index is 973.